The van der Waals surface area contributed by atoms with Crippen LogP contribution in [0.4, 0.5) is 0 Å². The van der Waals surface area contributed by atoms with Crippen LogP contribution >= 0.6 is 23.8 Å². The maximum absolute atomic E-state index is 11.8. The van der Waals surface area contributed by atoms with Gasteiger partial charge in [0, 0.05) is 17.6 Å². The zero-order chi connectivity index (χ0) is 17.4. The molecule has 0 atom stereocenters. The highest BCUT2D eigenvalue weighted by molar-refractivity contribution is 7.80. The first-order chi connectivity index (χ1) is 11.6. The van der Waals surface area contributed by atoms with E-state index in [1.54, 1.807) is 25.3 Å². The summed E-state index contributed by atoms with van der Waals surface area (Å²) in [4.78, 5) is 11.8. The Labute approximate surface area is 151 Å². The number of benzene rings is 2. The van der Waals surface area contributed by atoms with Crippen molar-refractivity contribution in [2.24, 2.45) is 0 Å². The quantitative estimate of drug-likeness (QED) is 0.632. The molecule has 0 aliphatic heterocycles. The van der Waals surface area contributed by atoms with Crippen molar-refractivity contribution in [1.82, 2.24) is 10.6 Å². The van der Waals surface area contributed by atoms with Gasteiger partial charge in [0.1, 0.15) is 5.75 Å². The zero-order valence-corrected chi connectivity index (χ0v) is 14.7. The van der Waals surface area contributed by atoms with Crippen LogP contribution < -0.4 is 15.4 Å². The van der Waals surface area contributed by atoms with Gasteiger partial charge in [0.2, 0.25) is 5.91 Å². The molecule has 0 bridgehead atoms. The van der Waals surface area contributed by atoms with Crippen molar-refractivity contribution >= 4 is 40.9 Å². The molecule has 0 aromatic heterocycles. The predicted octanol–water partition coefficient (Wildman–Crippen LogP) is 3.55. The van der Waals surface area contributed by atoms with Crippen LogP contribution in [0.5, 0.6) is 5.75 Å². The second kappa shape index (κ2) is 9.05. The molecule has 1 amide bonds. The van der Waals surface area contributed by atoms with Crippen LogP contribution in [0.2, 0.25) is 5.02 Å². The Hall–Kier alpha value is -2.37. The van der Waals surface area contributed by atoms with Crippen LogP contribution in [0.1, 0.15) is 11.1 Å². The maximum atomic E-state index is 11.8. The molecule has 4 nitrogen and oxygen atoms in total. The molecule has 124 valence electrons. The van der Waals surface area contributed by atoms with Crippen molar-refractivity contribution in [1.29, 1.82) is 0 Å². The Morgan fingerprint density at radius 1 is 1.17 bits per heavy atom. The Morgan fingerprint density at radius 2 is 1.83 bits per heavy atom. The molecule has 2 N–H and O–H groups in total. The number of hydrogen-bond acceptors (Lipinski definition) is 3. The molecular formula is C18H17ClN2O2S. The van der Waals surface area contributed by atoms with Crippen LogP contribution in [0.15, 0.2) is 54.6 Å². The van der Waals surface area contributed by atoms with Crippen LogP contribution in [0, 0.1) is 0 Å². The molecule has 2 aromatic carbocycles. The number of rotatable bonds is 5. The SMILES string of the molecule is COc1ccc(CNC(=S)NC(=O)/C=C/c2ccc(Cl)cc2)cc1. The van der Waals surface area contributed by atoms with E-state index < -0.39 is 0 Å². The van der Waals surface area contributed by atoms with Gasteiger partial charge in [-0.25, -0.2) is 0 Å². The maximum Gasteiger partial charge on any atom is 0.250 e. The summed E-state index contributed by atoms with van der Waals surface area (Å²) in [6.07, 6.45) is 3.11. The highest BCUT2D eigenvalue weighted by Gasteiger charge is 2.01. The number of carbonyl (C=O) groups is 1. The smallest absolute Gasteiger partial charge is 0.250 e. The van der Waals surface area contributed by atoms with Crippen LogP contribution in [-0.4, -0.2) is 18.1 Å². The fourth-order valence-corrected chi connectivity index (χ4v) is 2.17. The van der Waals surface area contributed by atoms with E-state index in [1.165, 1.54) is 6.08 Å². The lowest BCUT2D eigenvalue weighted by atomic mass is 10.2. The summed E-state index contributed by atoms with van der Waals surface area (Å²) in [7, 11) is 1.62. The van der Waals surface area contributed by atoms with E-state index in [0.29, 0.717) is 11.6 Å². The average Bonchev–Trinajstić information content (AvgIpc) is 2.60. The highest BCUT2D eigenvalue weighted by atomic mass is 35.5. The summed E-state index contributed by atoms with van der Waals surface area (Å²) in [6.45, 7) is 0.518. The van der Waals surface area contributed by atoms with Gasteiger partial charge in [0.15, 0.2) is 5.11 Å². The fraction of sp³-hybridized carbons (Fsp3) is 0.111. The van der Waals surface area contributed by atoms with Crippen molar-refractivity contribution in [3.63, 3.8) is 0 Å². The first-order valence-electron chi connectivity index (χ1n) is 7.22. The van der Waals surface area contributed by atoms with Crippen molar-refractivity contribution in [2.45, 2.75) is 6.54 Å². The summed E-state index contributed by atoms with van der Waals surface area (Å²) in [5.41, 5.74) is 1.91. The Kier molecular flexibility index (Phi) is 6.78. The van der Waals surface area contributed by atoms with E-state index in [2.05, 4.69) is 10.6 Å². The lowest BCUT2D eigenvalue weighted by molar-refractivity contribution is -0.115. The van der Waals surface area contributed by atoms with Gasteiger partial charge in [-0.2, -0.15) is 0 Å². The summed E-state index contributed by atoms with van der Waals surface area (Å²) in [5.74, 6) is 0.499. The van der Waals surface area contributed by atoms with Gasteiger partial charge < -0.3 is 10.1 Å². The summed E-state index contributed by atoms with van der Waals surface area (Å²) in [5, 5.41) is 6.51. The standard InChI is InChI=1S/C18H17ClN2O2S/c1-23-16-9-4-14(5-10-16)12-20-18(24)21-17(22)11-6-13-2-7-15(19)8-3-13/h2-11H,12H2,1H3,(H2,20,21,22,24)/b11-6+. The van der Waals surface area contributed by atoms with E-state index in [4.69, 9.17) is 28.6 Å². The number of nitrogens with one attached hydrogen (secondary N) is 2. The second-order valence-corrected chi connectivity index (χ2v) is 5.75. The molecule has 0 spiro atoms. The third kappa shape index (κ3) is 6.02. The molecule has 6 heteroatoms. The van der Waals surface area contributed by atoms with E-state index in [0.717, 1.165) is 16.9 Å². The van der Waals surface area contributed by atoms with E-state index in [-0.39, 0.29) is 11.0 Å². The highest BCUT2D eigenvalue weighted by Crippen LogP contribution is 2.11. The Morgan fingerprint density at radius 3 is 2.46 bits per heavy atom. The van der Waals surface area contributed by atoms with E-state index >= 15 is 0 Å². The molecule has 2 aromatic rings. The van der Waals surface area contributed by atoms with Crippen LogP contribution in [0.3, 0.4) is 0 Å². The minimum absolute atomic E-state index is 0.275. The zero-order valence-electron chi connectivity index (χ0n) is 13.1. The largest absolute Gasteiger partial charge is 0.497 e. The first kappa shape index (κ1) is 18.0. The number of amides is 1. The van der Waals surface area contributed by atoms with Gasteiger partial charge in [-0.3, -0.25) is 10.1 Å². The van der Waals surface area contributed by atoms with Crippen molar-refractivity contribution in [3.05, 3.63) is 70.8 Å². The molecule has 2 rings (SSSR count). The topological polar surface area (TPSA) is 50.4 Å². The van der Waals surface area contributed by atoms with Gasteiger partial charge in [-0.05, 0) is 53.7 Å². The van der Waals surface area contributed by atoms with Gasteiger partial charge >= 0.3 is 0 Å². The third-order valence-electron chi connectivity index (χ3n) is 3.15. The van der Waals surface area contributed by atoms with Crippen LogP contribution in [-0.2, 0) is 11.3 Å². The summed E-state index contributed by atoms with van der Waals surface area (Å²) >= 11 is 10.9. The first-order valence-corrected chi connectivity index (χ1v) is 8.01. The lowest BCUT2D eigenvalue weighted by Gasteiger charge is -2.08. The van der Waals surface area contributed by atoms with Crippen molar-refractivity contribution in [3.8, 4) is 5.75 Å². The Balaban J connectivity index is 1.78. The van der Waals surface area contributed by atoms with Gasteiger partial charge in [0.05, 0.1) is 7.11 Å². The number of carbonyl (C=O) groups excluding carboxylic acids is 1. The number of ether oxygens (including phenoxy) is 1. The number of hydrogen-bond donors (Lipinski definition) is 2. The molecule has 0 fully saturated rings. The number of methoxy groups -OCH3 is 1. The van der Waals surface area contributed by atoms with Crippen molar-refractivity contribution < 1.29 is 9.53 Å². The van der Waals surface area contributed by atoms with E-state index in [9.17, 15) is 4.79 Å². The normalized spacial score (nSPS) is 10.4. The molecule has 0 unspecified atom stereocenters. The monoisotopic (exact) mass is 360 g/mol. The van der Waals surface area contributed by atoms with Gasteiger partial charge in [-0.15, -0.1) is 0 Å². The van der Waals surface area contributed by atoms with E-state index in [1.807, 2.05) is 36.4 Å². The van der Waals surface area contributed by atoms with Gasteiger partial charge in [-0.1, -0.05) is 35.9 Å². The number of halogens is 1. The lowest BCUT2D eigenvalue weighted by Crippen LogP contribution is -2.37. The minimum Gasteiger partial charge on any atom is -0.497 e. The molecule has 0 radical (unpaired) electrons. The average molecular weight is 361 g/mol. The molecule has 0 saturated heterocycles. The summed E-state index contributed by atoms with van der Waals surface area (Å²) < 4.78 is 5.10. The Bertz CT molecular complexity index is 728. The minimum atomic E-state index is -0.294. The summed E-state index contributed by atoms with van der Waals surface area (Å²) in [6, 6.07) is 14.8. The van der Waals surface area contributed by atoms with Crippen molar-refractivity contribution in [2.75, 3.05) is 7.11 Å². The molecular weight excluding hydrogens is 344 g/mol. The van der Waals surface area contributed by atoms with Gasteiger partial charge in [0.25, 0.3) is 0 Å². The molecule has 0 aliphatic rings. The molecule has 0 saturated carbocycles. The fourth-order valence-electron chi connectivity index (χ4n) is 1.87. The number of thiocarbonyl (C=S) groups is 1. The van der Waals surface area contributed by atoms with Crippen LogP contribution in [0.25, 0.3) is 6.08 Å². The molecule has 24 heavy (non-hydrogen) atoms. The molecule has 0 heterocycles. The third-order valence-corrected chi connectivity index (χ3v) is 3.64. The molecule has 0 aliphatic carbocycles. The second-order valence-electron chi connectivity index (χ2n) is 4.90. The predicted molar refractivity (Wildman–Crippen MR) is 101 cm³/mol.